The van der Waals surface area contributed by atoms with Crippen LogP contribution in [-0.4, -0.2) is 11.0 Å². The average Bonchev–Trinajstić information content (AvgIpc) is 2.11. The lowest BCUT2D eigenvalue weighted by atomic mass is 9.83. The van der Waals surface area contributed by atoms with Crippen LogP contribution in [0.3, 0.4) is 0 Å². The number of anilines is 1. The van der Waals surface area contributed by atoms with E-state index in [0.717, 1.165) is 0 Å². The molecule has 0 unspecified atom stereocenters. The third-order valence-corrected chi connectivity index (χ3v) is 2.83. The Morgan fingerprint density at radius 1 is 1.47 bits per heavy atom. The van der Waals surface area contributed by atoms with Crippen molar-refractivity contribution < 1.29 is 9.90 Å². The lowest BCUT2D eigenvalue weighted by Crippen LogP contribution is -2.20. The van der Waals surface area contributed by atoms with Crippen molar-refractivity contribution in [1.29, 1.82) is 0 Å². The van der Waals surface area contributed by atoms with Crippen LogP contribution in [0.15, 0.2) is 24.3 Å². The smallest absolute Gasteiger partial charge is 0.224 e. The molecule has 0 radical (unpaired) electrons. The number of phenolic OH excluding ortho intramolecular Hbond substituents is 1. The second-order valence-electron chi connectivity index (χ2n) is 4.10. The number of phenols is 1. The molecule has 0 spiro atoms. The van der Waals surface area contributed by atoms with Crippen molar-refractivity contribution in [2.75, 3.05) is 5.32 Å². The number of rotatable bonds is 3. The second-order valence-corrected chi connectivity index (χ2v) is 4.10. The highest BCUT2D eigenvalue weighted by atomic mass is 16.3. The molecule has 0 heterocycles. The molecule has 0 bridgehead atoms. The molecular formula is C12H15NO2. The number of carbonyl (C=O) groups excluding carboxylic acids is 1. The van der Waals surface area contributed by atoms with E-state index >= 15 is 0 Å². The molecule has 1 aromatic carbocycles. The Morgan fingerprint density at radius 3 is 2.87 bits per heavy atom. The molecule has 0 saturated heterocycles. The van der Waals surface area contributed by atoms with Gasteiger partial charge in [-0.1, -0.05) is 12.5 Å². The quantitative estimate of drug-likeness (QED) is 0.796. The van der Waals surface area contributed by atoms with Gasteiger partial charge in [0.2, 0.25) is 5.91 Å². The first-order valence-corrected chi connectivity index (χ1v) is 5.33. The van der Waals surface area contributed by atoms with Crippen molar-refractivity contribution >= 4 is 11.6 Å². The van der Waals surface area contributed by atoms with E-state index in [0.29, 0.717) is 18.0 Å². The summed E-state index contributed by atoms with van der Waals surface area (Å²) in [4.78, 5) is 11.5. The van der Waals surface area contributed by atoms with Crippen molar-refractivity contribution in [2.45, 2.75) is 25.7 Å². The number of benzene rings is 1. The van der Waals surface area contributed by atoms with Gasteiger partial charge in [0.1, 0.15) is 5.75 Å². The number of amides is 1. The fraction of sp³-hybridized carbons (Fsp3) is 0.417. The van der Waals surface area contributed by atoms with Crippen LogP contribution in [0.5, 0.6) is 5.75 Å². The maximum atomic E-state index is 11.5. The summed E-state index contributed by atoms with van der Waals surface area (Å²) in [6.45, 7) is 0. The predicted octanol–water partition coefficient (Wildman–Crippen LogP) is 2.52. The van der Waals surface area contributed by atoms with Crippen molar-refractivity contribution in [3.8, 4) is 5.75 Å². The number of carbonyl (C=O) groups is 1. The Morgan fingerprint density at radius 2 is 2.27 bits per heavy atom. The van der Waals surface area contributed by atoms with Gasteiger partial charge in [-0.2, -0.15) is 0 Å². The summed E-state index contributed by atoms with van der Waals surface area (Å²) in [5.41, 5.74) is 0.666. The topological polar surface area (TPSA) is 49.3 Å². The van der Waals surface area contributed by atoms with Gasteiger partial charge < -0.3 is 10.4 Å². The summed E-state index contributed by atoms with van der Waals surface area (Å²) >= 11 is 0. The molecule has 2 N–H and O–H groups in total. The standard InChI is InChI=1S/C12H15NO2/c14-11-6-2-5-10(8-11)13-12(15)7-9-3-1-4-9/h2,5-6,8-9,14H,1,3-4,7H2,(H,13,15). The highest BCUT2D eigenvalue weighted by molar-refractivity contribution is 5.91. The van der Waals surface area contributed by atoms with Gasteiger partial charge in [-0.3, -0.25) is 4.79 Å². The van der Waals surface area contributed by atoms with E-state index in [9.17, 15) is 9.90 Å². The Hall–Kier alpha value is -1.51. The van der Waals surface area contributed by atoms with E-state index in [-0.39, 0.29) is 11.7 Å². The lowest BCUT2D eigenvalue weighted by molar-refractivity contribution is -0.117. The second kappa shape index (κ2) is 4.34. The molecule has 2 rings (SSSR count). The first-order valence-electron chi connectivity index (χ1n) is 5.33. The zero-order valence-corrected chi connectivity index (χ0v) is 8.57. The summed E-state index contributed by atoms with van der Waals surface area (Å²) in [5, 5.41) is 12.0. The van der Waals surface area contributed by atoms with Gasteiger partial charge >= 0.3 is 0 Å². The summed E-state index contributed by atoms with van der Waals surface area (Å²) < 4.78 is 0. The number of hydrogen-bond donors (Lipinski definition) is 2. The SMILES string of the molecule is O=C(CC1CCC1)Nc1cccc(O)c1. The molecule has 0 aliphatic heterocycles. The van der Waals surface area contributed by atoms with Gasteiger partial charge in [-0.15, -0.1) is 0 Å². The molecule has 1 saturated carbocycles. The van der Waals surface area contributed by atoms with Crippen LogP contribution in [0.1, 0.15) is 25.7 Å². The van der Waals surface area contributed by atoms with Gasteiger partial charge in [-0.05, 0) is 30.9 Å². The minimum absolute atomic E-state index is 0.0466. The highest BCUT2D eigenvalue weighted by Crippen LogP contribution is 2.29. The Kier molecular flexibility index (Phi) is 2.90. The summed E-state index contributed by atoms with van der Waals surface area (Å²) in [6.07, 6.45) is 4.21. The molecule has 1 aromatic rings. The first-order chi connectivity index (χ1) is 7.24. The van der Waals surface area contributed by atoms with E-state index in [1.807, 2.05) is 0 Å². The van der Waals surface area contributed by atoms with Gasteiger partial charge in [-0.25, -0.2) is 0 Å². The number of hydrogen-bond acceptors (Lipinski definition) is 2. The lowest BCUT2D eigenvalue weighted by Gasteiger charge is -2.24. The highest BCUT2D eigenvalue weighted by Gasteiger charge is 2.20. The molecule has 0 aromatic heterocycles. The van der Waals surface area contributed by atoms with Crippen molar-refractivity contribution in [3.63, 3.8) is 0 Å². The normalized spacial score (nSPS) is 15.7. The molecule has 3 heteroatoms. The van der Waals surface area contributed by atoms with Crippen LogP contribution in [-0.2, 0) is 4.79 Å². The van der Waals surface area contributed by atoms with Crippen molar-refractivity contribution in [1.82, 2.24) is 0 Å². The number of nitrogens with one attached hydrogen (secondary N) is 1. The Labute approximate surface area is 89.1 Å². The monoisotopic (exact) mass is 205 g/mol. The molecule has 1 aliphatic carbocycles. The minimum Gasteiger partial charge on any atom is -0.508 e. The maximum Gasteiger partial charge on any atom is 0.224 e. The van der Waals surface area contributed by atoms with Gasteiger partial charge in [0, 0.05) is 18.2 Å². The molecule has 80 valence electrons. The minimum atomic E-state index is 0.0466. The molecule has 1 aliphatic rings. The summed E-state index contributed by atoms with van der Waals surface area (Å²) in [5.74, 6) is 0.795. The fourth-order valence-corrected chi connectivity index (χ4v) is 1.75. The van der Waals surface area contributed by atoms with Crippen LogP contribution in [0, 0.1) is 5.92 Å². The maximum absolute atomic E-state index is 11.5. The van der Waals surface area contributed by atoms with E-state index in [4.69, 9.17) is 0 Å². The molecule has 1 fully saturated rings. The van der Waals surface area contributed by atoms with Crippen molar-refractivity contribution in [2.24, 2.45) is 5.92 Å². The van der Waals surface area contributed by atoms with Crippen LogP contribution < -0.4 is 5.32 Å². The van der Waals surface area contributed by atoms with Gasteiger partial charge in [0.25, 0.3) is 0 Å². The molecule has 3 nitrogen and oxygen atoms in total. The molecule has 0 atom stereocenters. The van der Waals surface area contributed by atoms with E-state index in [1.54, 1.807) is 24.3 Å². The number of aromatic hydroxyl groups is 1. The van der Waals surface area contributed by atoms with Crippen molar-refractivity contribution in [3.05, 3.63) is 24.3 Å². The zero-order valence-electron chi connectivity index (χ0n) is 8.57. The van der Waals surface area contributed by atoms with E-state index in [2.05, 4.69) is 5.32 Å². The van der Waals surface area contributed by atoms with Gasteiger partial charge in [0.05, 0.1) is 0 Å². The van der Waals surface area contributed by atoms with Crippen LogP contribution in [0.2, 0.25) is 0 Å². The predicted molar refractivity (Wildman–Crippen MR) is 58.7 cm³/mol. The largest absolute Gasteiger partial charge is 0.508 e. The Balaban J connectivity index is 1.87. The molecule has 15 heavy (non-hydrogen) atoms. The third kappa shape index (κ3) is 2.72. The third-order valence-electron chi connectivity index (χ3n) is 2.83. The first kappa shape index (κ1) is 10.0. The zero-order chi connectivity index (χ0) is 10.7. The van der Waals surface area contributed by atoms with Crippen LogP contribution >= 0.6 is 0 Å². The molecular weight excluding hydrogens is 190 g/mol. The fourth-order valence-electron chi connectivity index (χ4n) is 1.75. The van der Waals surface area contributed by atoms with Gasteiger partial charge in [0.15, 0.2) is 0 Å². The average molecular weight is 205 g/mol. The van der Waals surface area contributed by atoms with E-state index in [1.165, 1.54) is 19.3 Å². The van der Waals surface area contributed by atoms with Crippen LogP contribution in [0.4, 0.5) is 5.69 Å². The van der Waals surface area contributed by atoms with E-state index < -0.39 is 0 Å². The van der Waals surface area contributed by atoms with Crippen LogP contribution in [0.25, 0.3) is 0 Å². The summed E-state index contributed by atoms with van der Waals surface area (Å²) in [7, 11) is 0. The molecule has 1 amide bonds. The summed E-state index contributed by atoms with van der Waals surface area (Å²) in [6, 6.07) is 6.63. The Bertz CT molecular complexity index is 358.